The van der Waals surface area contributed by atoms with E-state index in [0.29, 0.717) is 0 Å². The first-order valence-electron chi connectivity index (χ1n) is 9.45. The normalized spacial score (nSPS) is 18.0. The number of benzene rings is 2. The van der Waals surface area contributed by atoms with Gasteiger partial charge in [-0.25, -0.2) is 0 Å². The fraction of sp³-hybridized carbons (Fsp3) is 0.304. The highest BCUT2D eigenvalue weighted by molar-refractivity contribution is 6.06. The van der Waals surface area contributed by atoms with Gasteiger partial charge < -0.3 is 9.80 Å². The lowest BCUT2D eigenvalue weighted by Gasteiger charge is -2.40. The van der Waals surface area contributed by atoms with Crippen molar-refractivity contribution >= 4 is 16.8 Å². The first kappa shape index (κ1) is 17.7. The van der Waals surface area contributed by atoms with E-state index >= 15 is 0 Å². The van der Waals surface area contributed by atoms with Crippen molar-refractivity contribution in [2.45, 2.75) is 19.9 Å². The first-order valence-corrected chi connectivity index (χ1v) is 9.45. The average molecular weight is 359 g/mol. The summed E-state index contributed by atoms with van der Waals surface area (Å²) in [5.41, 5.74) is 4.84. The summed E-state index contributed by atoms with van der Waals surface area (Å²) in [7, 11) is 2.12. The Balaban J connectivity index is 1.79. The van der Waals surface area contributed by atoms with Gasteiger partial charge in [0.15, 0.2) is 0 Å². The molecule has 1 unspecified atom stereocenters. The Bertz CT molecular complexity index is 984. The van der Waals surface area contributed by atoms with E-state index in [1.807, 2.05) is 48.2 Å². The van der Waals surface area contributed by atoms with Gasteiger partial charge in [0.1, 0.15) is 0 Å². The molecule has 3 aromatic rings. The van der Waals surface area contributed by atoms with E-state index in [9.17, 15) is 4.79 Å². The maximum absolute atomic E-state index is 13.6. The summed E-state index contributed by atoms with van der Waals surface area (Å²) in [6, 6.07) is 18.5. The smallest absolute Gasteiger partial charge is 0.255 e. The number of pyridine rings is 1. The number of fused-ring (bicyclic) bond motifs is 1. The Kier molecular flexibility index (Phi) is 4.66. The highest BCUT2D eigenvalue weighted by atomic mass is 16.2. The molecule has 1 fully saturated rings. The van der Waals surface area contributed by atoms with Gasteiger partial charge in [-0.3, -0.25) is 9.78 Å². The molecule has 1 aliphatic rings. The van der Waals surface area contributed by atoms with E-state index in [-0.39, 0.29) is 11.9 Å². The van der Waals surface area contributed by atoms with Crippen molar-refractivity contribution in [3.8, 4) is 0 Å². The summed E-state index contributed by atoms with van der Waals surface area (Å²) >= 11 is 0. The van der Waals surface area contributed by atoms with Crippen LogP contribution in [0.3, 0.4) is 0 Å². The van der Waals surface area contributed by atoms with Crippen molar-refractivity contribution < 1.29 is 4.79 Å². The van der Waals surface area contributed by atoms with Crippen LogP contribution in [0, 0.1) is 13.8 Å². The molecule has 1 aromatic heterocycles. The number of aryl methyl sites for hydroxylation is 2. The molecular formula is C23H25N3O. The van der Waals surface area contributed by atoms with E-state index in [4.69, 9.17) is 0 Å². The molecule has 1 aliphatic heterocycles. The zero-order valence-corrected chi connectivity index (χ0v) is 16.1. The van der Waals surface area contributed by atoms with E-state index < -0.39 is 0 Å². The van der Waals surface area contributed by atoms with Crippen LogP contribution in [-0.4, -0.2) is 47.4 Å². The van der Waals surface area contributed by atoms with Crippen LogP contribution in [0.5, 0.6) is 0 Å². The van der Waals surface area contributed by atoms with Gasteiger partial charge in [-0.2, -0.15) is 0 Å². The van der Waals surface area contributed by atoms with Crippen molar-refractivity contribution in [1.82, 2.24) is 14.8 Å². The zero-order chi connectivity index (χ0) is 19.0. The van der Waals surface area contributed by atoms with Crippen LogP contribution in [0.15, 0.2) is 54.6 Å². The number of hydrogen-bond acceptors (Lipinski definition) is 3. The number of carbonyl (C=O) groups is 1. The lowest BCUT2D eigenvalue weighted by Crippen LogP contribution is -2.49. The molecule has 0 bridgehead atoms. The number of piperazine rings is 1. The standard InChI is InChI=1S/C23H25N3O/c1-16-9-10-21-19(13-16)20(14-17(2)24-21)23(27)26-12-11-25(3)15-22(26)18-7-5-4-6-8-18/h4-10,13-14,22H,11-12,15H2,1-3H3. The van der Waals surface area contributed by atoms with Crippen molar-refractivity contribution in [2.75, 3.05) is 26.7 Å². The lowest BCUT2D eigenvalue weighted by molar-refractivity contribution is 0.0500. The van der Waals surface area contributed by atoms with Gasteiger partial charge >= 0.3 is 0 Å². The monoisotopic (exact) mass is 359 g/mol. The maximum atomic E-state index is 13.6. The van der Waals surface area contributed by atoms with Crippen LogP contribution < -0.4 is 0 Å². The van der Waals surface area contributed by atoms with Gasteiger partial charge in [0.2, 0.25) is 0 Å². The summed E-state index contributed by atoms with van der Waals surface area (Å²) in [5, 5.41) is 0.941. The molecule has 0 aliphatic carbocycles. The third kappa shape index (κ3) is 3.45. The van der Waals surface area contributed by atoms with Crippen molar-refractivity contribution in [1.29, 1.82) is 0 Å². The summed E-state index contributed by atoms with van der Waals surface area (Å²) in [6.07, 6.45) is 0. The molecule has 0 saturated carbocycles. The number of likely N-dealkylation sites (N-methyl/N-ethyl adjacent to an activating group) is 1. The Morgan fingerprint density at radius 3 is 2.59 bits per heavy atom. The van der Waals surface area contributed by atoms with Gasteiger partial charge in [-0.05, 0) is 44.7 Å². The predicted octanol–water partition coefficient (Wildman–Crippen LogP) is 3.98. The number of hydrogen-bond donors (Lipinski definition) is 0. The number of carbonyl (C=O) groups excluding carboxylic acids is 1. The molecule has 0 spiro atoms. The highest BCUT2D eigenvalue weighted by Gasteiger charge is 2.31. The minimum atomic E-state index is 0.0609. The largest absolute Gasteiger partial charge is 0.329 e. The molecule has 138 valence electrons. The Morgan fingerprint density at radius 2 is 1.81 bits per heavy atom. The molecule has 4 rings (SSSR count). The summed E-state index contributed by atoms with van der Waals surface area (Å²) in [5.74, 6) is 0.0954. The second kappa shape index (κ2) is 7.12. The molecular weight excluding hydrogens is 334 g/mol. The second-order valence-electron chi connectivity index (χ2n) is 7.52. The SMILES string of the molecule is Cc1ccc2nc(C)cc(C(=O)N3CCN(C)CC3c3ccccc3)c2c1. The summed E-state index contributed by atoms with van der Waals surface area (Å²) < 4.78 is 0. The van der Waals surface area contributed by atoms with Gasteiger partial charge in [0.25, 0.3) is 5.91 Å². The molecule has 0 N–H and O–H groups in total. The molecule has 27 heavy (non-hydrogen) atoms. The molecule has 1 atom stereocenters. The number of aromatic nitrogens is 1. The topological polar surface area (TPSA) is 36.4 Å². The third-order valence-electron chi connectivity index (χ3n) is 5.35. The van der Waals surface area contributed by atoms with Crippen LogP contribution in [0.1, 0.15) is 33.2 Å². The minimum Gasteiger partial charge on any atom is -0.329 e. The molecule has 1 saturated heterocycles. The van der Waals surface area contributed by atoms with Gasteiger partial charge in [-0.15, -0.1) is 0 Å². The van der Waals surface area contributed by atoms with Crippen molar-refractivity contribution in [3.63, 3.8) is 0 Å². The number of rotatable bonds is 2. The molecule has 4 nitrogen and oxygen atoms in total. The van der Waals surface area contributed by atoms with E-state index in [1.165, 1.54) is 5.56 Å². The Hall–Kier alpha value is -2.72. The average Bonchev–Trinajstić information content (AvgIpc) is 2.68. The van der Waals surface area contributed by atoms with Crippen molar-refractivity contribution in [2.24, 2.45) is 0 Å². The van der Waals surface area contributed by atoms with Crippen molar-refractivity contribution in [3.05, 3.63) is 77.0 Å². The molecule has 0 radical (unpaired) electrons. The van der Waals surface area contributed by atoms with Crippen LogP contribution in [-0.2, 0) is 0 Å². The van der Waals surface area contributed by atoms with Gasteiger partial charge in [-0.1, -0.05) is 42.0 Å². The quantitative estimate of drug-likeness (QED) is 0.694. The van der Waals surface area contributed by atoms with Gasteiger partial charge in [0.05, 0.1) is 17.1 Å². The first-order chi connectivity index (χ1) is 13.0. The van der Waals surface area contributed by atoms with Crippen LogP contribution >= 0.6 is 0 Å². The third-order valence-corrected chi connectivity index (χ3v) is 5.35. The zero-order valence-electron chi connectivity index (χ0n) is 16.1. The van der Waals surface area contributed by atoms with Crippen LogP contribution in [0.4, 0.5) is 0 Å². The van der Waals surface area contributed by atoms with Gasteiger partial charge in [0, 0.05) is 30.7 Å². The maximum Gasteiger partial charge on any atom is 0.255 e. The van der Waals surface area contributed by atoms with E-state index in [1.54, 1.807) is 0 Å². The lowest BCUT2D eigenvalue weighted by atomic mass is 9.99. The Morgan fingerprint density at radius 1 is 1.04 bits per heavy atom. The van der Waals surface area contributed by atoms with Crippen LogP contribution in [0.25, 0.3) is 10.9 Å². The van der Waals surface area contributed by atoms with E-state index in [2.05, 4.69) is 42.1 Å². The number of amides is 1. The molecule has 1 amide bonds. The highest BCUT2D eigenvalue weighted by Crippen LogP contribution is 2.29. The molecule has 2 aromatic carbocycles. The summed E-state index contributed by atoms with van der Waals surface area (Å²) in [6.45, 7) is 6.46. The second-order valence-corrected chi connectivity index (χ2v) is 7.52. The Labute approximate surface area is 160 Å². The van der Waals surface area contributed by atoms with Crippen LogP contribution in [0.2, 0.25) is 0 Å². The molecule has 4 heteroatoms. The van der Waals surface area contributed by atoms with E-state index in [0.717, 1.165) is 47.4 Å². The minimum absolute atomic E-state index is 0.0609. The fourth-order valence-corrected chi connectivity index (χ4v) is 3.93. The number of nitrogens with zero attached hydrogens (tertiary/aromatic N) is 3. The predicted molar refractivity (Wildman–Crippen MR) is 109 cm³/mol. The fourth-order valence-electron chi connectivity index (χ4n) is 3.93. The summed E-state index contributed by atoms with van der Waals surface area (Å²) in [4.78, 5) is 22.6. The molecule has 2 heterocycles.